The van der Waals surface area contributed by atoms with Crippen LogP contribution in [0.25, 0.3) is 21.5 Å². The van der Waals surface area contributed by atoms with Gasteiger partial charge in [-0.2, -0.15) is 9.97 Å². The number of aryl methyl sites for hydroxylation is 2. The van der Waals surface area contributed by atoms with E-state index in [1.54, 1.807) is 17.5 Å². The van der Waals surface area contributed by atoms with E-state index < -0.39 is 6.67 Å². The molecule has 1 aromatic carbocycles. The molecule has 1 N–H and O–H groups in total. The molecular formula is C23H24FN5OS. The second-order valence-electron chi connectivity index (χ2n) is 7.12. The van der Waals surface area contributed by atoms with Crippen molar-refractivity contribution in [2.24, 2.45) is 0 Å². The number of aromatic nitrogens is 4. The van der Waals surface area contributed by atoms with E-state index in [1.807, 2.05) is 19.1 Å². The zero-order valence-corrected chi connectivity index (χ0v) is 18.4. The van der Waals surface area contributed by atoms with Gasteiger partial charge in [-0.05, 0) is 38.3 Å². The third-order valence-electron chi connectivity index (χ3n) is 4.80. The predicted octanol–water partition coefficient (Wildman–Crippen LogP) is 5.37. The highest BCUT2D eigenvalue weighted by atomic mass is 32.1. The molecular weight excluding hydrogens is 413 g/mol. The number of hydrogen-bond donors (Lipinski definition) is 1. The normalized spacial score (nSPS) is 11.1. The molecule has 3 heterocycles. The number of hydrogen-bond acceptors (Lipinski definition) is 7. The quantitative estimate of drug-likeness (QED) is 0.355. The predicted molar refractivity (Wildman–Crippen MR) is 122 cm³/mol. The summed E-state index contributed by atoms with van der Waals surface area (Å²) in [5.41, 5.74) is 3.31. The van der Waals surface area contributed by atoms with E-state index in [0.29, 0.717) is 18.3 Å². The van der Waals surface area contributed by atoms with Crippen molar-refractivity contribution in [1.82, 2.24) is 19.9 Å². The summed E-state index contributed by atoms with van der Waals surface area (Å²) >= 11 is 1.64. The Morgan fingerprint density at radius 3 is 2.65 bits per heavy atom. The third kappa shape index (κ3) is 5.14. The van der Waals surface area contributed by atoms with Crippen molar-refractivity contribution in [1.29, 1.82) is 0 Å². The number of ether oxygens (including phenoxy) is 1. The fraction of sp³-hybridized carbons (Fsp3) is 0.304. The van der Waals surface area contributed by atoms with Crippen LogP contribution in [0.15, 0.2) is 42.7 Å². The third-order valence-corrected chi connectivity index (χ3v) is 5.74. The minimum absolute atomic E-state index is 0.347. The maximum atomic E-state index is 12.6. The molecule has 0 spiro atoms. The van der Waals surface area contributed by atoms with Crippen molar-refractivity contribution >= 4 is 27.4 Å². The second kappa shape index (κ2) is 9.78. The molecule has 0 saturated heterocycles. The average Bonchev–Trinajstić information content (AvgIpc) is 3.17. The van der Waals surface area contributed by atoms with Crippen LogP contribution in [-0.4, -0.2) is 33.1 Å². The number of halogens is 1. The van der Waals surface area contributed by atoms with E-state index in [1.165, 1.54) is 16.6 Å². The molecule has 4 aromatic rings. The van der Waals surface area contributed by atoms with E-state index in [0.717, 1.165) is 46.7 Å². The van der Waals surface area contributed by atoms with Crippen LogP contribution in [0.1, 0.15) is 29.5 Å². The van der Waals surface area contributed by atoms with Gasteiger partial charge < -0.3 is 10.1 Å². The molecule has 0 amide bonds. The number of nitrogens with zero attached hydrogens (tertiary/aromatic N) is 4. The summed E-state index contributed by atoms with van der Waals surface area (Å²) in [5.74, 6) is 0.823. The Hall–Kier alpha value is -3.13. The highest BCUT2D eigenvalue weighted by molar-refractivity contribution is 7.18. The zero-order chi connectivity index (χ0) is 21.6. The number of benzene rings is 1. The monoisotopic (exact) mass is 437 g/mol. The van der Waals surface area contributed by atoms with Crippen LogP contribution in [-0.2, 0) is 13.1 Å². The van der Waals surface area contributed by atoms with E-state index in [2.05, 4.69) is 50.4 Å². The average molecular weight is 438 g/mol. The van der Waals surface area contributed by atoms with Crippen LogP contribution >= 0.6 is 11.3 Å². The van der Waals surface area contributed by atoms with Gasteiger partial charge in [0.15, 0.2) is 0 Å². The molecule has 0 bridgehead atoms. The van der Waals surface area contributed by atoms with Gasteiger partial charge in [0.25, 0.3) is 0 Å². The fourth-order valence-electron chi connectivity index (χ4n) is 3.27. The molecule has 4 rings (SSSR count). The van der Waals surface area contributed by atoms with Gasteiger partial charge in [0.1, 0.15) is 17.3 Å². The van der Waals surface area contributed by atoms with Gasteiger partial charge in [0, 0.05) is 17.0 Å². The van der Waals surface area contributed by atoms with Gasteiger partial charge in [-0.1, -0.05) is 24.3 Å². The van der Waals surface area contributed by atoms with Crippen molar-refractivity contribution in [3.8, 4) is 17.3 Å². The van der Waals surface area contributed by atoms with Crippen LogP contribution in [0, 0.1) is 6.92 Å². The van der Waals surface area contributed by atoms with Crippen LogP contribution in [0.3, 0.4) is 0 Å². The summed E-state index contributed by atoms with van der Waals surface area (Å²) in [6, 6.07) is 10.8. The lowest BCUT2D eigenvalue weighted by molar-refractivity contribution is 0.314. The molecule has 0 fully saturated rings. The molecule has 0 aliphatic heterocycles. The first-order chi connectivity index (χ1) is 15.2. The summed E-state index contributed by atoms with van der Waals surface area (Å²) in [7, 11) is 0. The number of nitrogens with one attached hydrogen (secondary N) is 1. The lowest BCUT2D eigenvalue weighted by atomic mass is 10.1. The molecule has 3 aromatic heterocycles. The molecule has 0 aliphatic rings. The van der Waals surface area contributed by atoms with E-state index in [9.17, 15) is 4.39 Å². The Morgan fingerprint density at radius 2 is 1.94 bits per heavy atom. The summed E-state index contributed by atoms with van der Waals surface area (Å²) in [6.45, 7) is 4.74. The standard InChI is InChI=1S/C23H24FN5OS/c1-3-30-23-28-21(19-11-15(2)31-22(19)29-23)25-10-4-5-16-6-8-17(9-7-16)20-14-26-18(12-24)13-27-20/h6-9,11,13-14H,3-5,10,12H2,1-2H3,(H,25,28,29). The van der Waals surface area contributed by atoms with Crippen LogP contribution in [0.4, 0.5) is 10.2 Å². The number of anilines is 1. The molecule has 0 saturated carbocycles. The number of rotatable bonds is 9. The summed E-state index contributed by atoms with van der Waals surface area (Å²) < 4.78 is 18.1. The molecule has 160 valence electrons. The highest BCUT2D eigenvalue weighted by Crippen LogP contribution is 2.30. The second-order valence-corrected chi connectivity index (χ2v) is 8.35. The van der Waals surface area contributed by atoms with Gasteiger partial charge >= 0.3 is 6.01 Å². The molecule has 0 radical (unpaired) electrons. The zero-order valence-electron chi connectivity index (χ0n) is 17.6. The first-order valence-corrected chi connectivity index (χ1v) is 11.1. The first-order valence-electron chi connectivity index (χ1n) is 10.3. The minimum Gasteiger partial charge on any atom is -0.464 e. The van der Waals surface area contributed by atoms with Gasteiger partial charge in [0.2, 0.25) is 0 Å². The number of thiophene rings is 1. The van der Waals surface area contributed by atoms with Gasteiger partial charge in [-0.15, -0.1) is 11.3 Å². The van der Waals surface area contributed by atoms with Crippen LogP contribution < -0.4 is 10.1 Å². The summed E-state index contributed by atoms with van der Waals surface area (Å²) in [6.07, 6.45) is 4.99. The van der Waals surface area contributed by atoms with Crippen molar-refractivity contribution in [3.05, 3.63) is 58.9 Å². The van der Waals surface area contributed by atoms with Crippen LogP contribution in [0.5, 0.6) is 6.01 Å². The molecule has 0 unspecified atom stereocenters. The molecule has 31 heavy (non-hydrogen) atoms. The van der Waals surface area contributed by atoms with E-state index in [4.69, 9.17) is 4.74 Å². The van der Waals surface area contributed by atoms with Gasteiger partial charge in [-0.25, -0.2) is 4.39 Å². The maximum Gasteiger partial charge on any atom is 0.319 e. The highest BCUT2D eigenvalue weighted by Gasteiger charge is 2.11. The molecule has 6 nitrogen and oxygen atoms in total. The Kier molecular flexibility index (Phi) is 6.66. The lowest BCUT2D eigenvalue weighted by Gasteiger charge is -2.09. The molecule has 0 atom stereocenters. The largest absolute Gasteiger partial charge is 0.464 e. The SMILES string of the molecule is CCOc1nc(NCCCc2ccc(-c3cnc(CF)cn3)cc2)c2cc(C)sc2n1. The number of fused-ring (bicyclic) bond motifs is 1. The Balaban J connectivity index is 1.35. The number of alkyl halides is 1. The first kappa shape index (κ1) is 21.1. The van der Waals surface area contributed by atoms with Gasteiger partial charge in [-0.3, -0.25) is 9.97 Å². The van der Waals surface area contributed by atoms with Crippen molar-refractivity contribution in [2.75, 3.05) is 18.5 Å². The summed E-state index contributed by atoms with van der Waals surface area (Å²) in [4.78, 5) is 19.5. The van der Waals surface area contributed by atoms with Crippen molar-refractivity contribution in [2.45, 2.75) is 33.4 Å². The maximum absolute atomic E-state index is 12.6. The summed E-state index contributed by atoms with van der Waals surface area (Å²) in [5, 5.41) is 4.48. The smallest absolute Gasteiger partial charge is 0.319 e. The minimum atomic E-state index is -0.597. The Bertz CT molecular complexity index is 1150. The van der Waals surface area contributed by atoms with E-state index >= 15 is 0 Å². The van der Waals surface area contributed by atoms with E-state index in [-0.39, 0.29) is 0 Å². The topological polar surface area (TPSA) is 72.8 Å². The lowest BCUT2D eigenvalue weighted by Crippen LogP contribution is -2.07. The van der Waals surface area contributed by atoms with Crippen molar-refractivity contribution in [3.63, 3.8) is 0 Å². The fourth-order valence-corrected chi connectivity index (χ4v) is 4.14. The van der Waals surface area contributed by atoms with Crippen molar-refractivity contribution < 1.29 is 9.13 Å². The Morgan fingerprint density at radius 1 is 1.10 bits per heavy atom. The Labute approximate surface area is 184 Å². The van der Waals surface area contributed by atoms with Gasteiger partial charge in [0.05, 0.1) is 35.8 Å². The van der Waals surface area contributed by atoms with Crippen LogP contribution in [0.2, 0.25) is 0 Å². The molecule has 0 aliphatic carbocycles. The molecule has 8 heteroatoms.